The average molecular weight is 315 g/mol. The summed E-state index contributed by atoms with van der Waals surface area (Å²) in [7, 11) is 0. The highest BCUT2D eigenvalue weighted by Crippen LogP contribution is 2.29. The third kappa shape index (κ3) is 2.35. The first-order chi connectivity index (χ1) is 7.99. The van der Waals surface area contributed by atoms with E-state index in [0.717, 1.165) is 5.69 Å². The summed E-state index contributed by atoms with van der Waals surface area (Å²) in [5, 5.41) is 9.59. The second kappa shape index (κ2) is 4.50. The van der Waals surface area contributed by atoms with E-state index >= 15 is 0 Å². The summed E-state index contributed by atoms with van der Waals surface area (Å²) in [5.41, 5.74) is 7.20. The van der Waals surface area contributed by atoms with E-state index in [-0.39, 0.29) is 10.8 Å². The van der Waals surface area contributed by atoms with Crippen LogP contribution in [0.4, 0.5) is 5.82 Å². The summed E-state index contributed by atoms with van der Waals surface area (Å²) < 4.78 is 0.686. The lowest BCUT2D eigenvalue weighted by atomic mass is 10.2. The van der Waals surface area contributed by atoms with Crippen molar-refractivity contribution in [3.05, 3.63) is 33.4 Å². The van der Waals surface area contributed by atoms with E-state index in [4.69, 9.17) is 17.3 Å². The summed E-state index contributed by atoms with van der Waals surface area (Å²) in [4.78, 5) is 8.45. The minimum absolute atomic E-state index is 0.0252. The van der Waals surface area contributed by atoms with E-state index in [9.17, 15) is 5.11 Å². The van der Waals surface area contributed by atoms with Crippen LogP contribution in [0.5, 0.6) is 5.75 Å². The Morgan fingerprint density at radius 2 is 2.06 bits per heavy atom. The maximum Gasteiger partial charge on any atom is 0.161 e. The number of aromatic nitrogens is 2. The Hall–Kier alpha value is -1.33. The van der Waals surface area contributed by atoms with Crippen molar-refractivity contribution in [2.75, 3.05) is 5.73 Å². The van der Waals surface area contributed by atoms with Crippen LogP contribution in [0.25, 0.3) is 11.4 Å². The molecule has 0 saturated heterocycles. The van der Waals surface area contributed by atoms with Gasteiger partial charge < -0.3 is 10.8 Å². The number of hydrogen-bond donors (Lipinski definition) is 2. The molecule has 0 spiro atoms. The van der Waals surface area contributed by atoms with Crippen LogP contribution in [-0.4, -0.2) is 15.1 Å². The monoisotopic (exact) mass is 313 g/mol. The Kier molecular flexibility index (Phi) is 3.22. The van der Waals surface area contributed by atoms with E-state index in [1.165, 1.54) is 6.07 Å². The lowest BCUT2D eigenvalue weighted by Gasteiger charge is -2.06. The lowest BCUT2D eigenvalue weighted by molar-refractivity contribution is 0.475. The van der Waals surface area contributed by atoms with E-state index in [1.54, 1.807) is 12.1 Å². The fourth-order valence-electron chi connectivity index (χ4n) is 1.36. The second-order valence-electron chi connectivity index (χ2n) is 3.50. The van der Waals surface area contributed by atoms with Crippen molar-refractivity contribution >= 4 is 33.3 Å². The van der Waals surface area contributed by atoms with Gasteiger partial charge in [0.05, 0.1) is 15.2 Å². The molecule has 17 heavy (non-hydrogen) atoms. The number of aromatic hydroxyl groups is 1. The first-order valence-electron chi connectivity index (χ1n) is 4.77. The van der Waals surface area contributed by atoms with Gasteiger partial charge in [-0.3, -0.25) is 0 Å². The number of halogens is 2. The predicted molar refractivity (Wildman–Crippen MR) is 71.0 cm³/mol. The molecule has 0 radical (unpaired) electrons. The molecule has 2 rings (SSSR count). The summed E-state index contributed by atoms with van der Waals surface area (Å²) >= 11 is 9.12. The molecular formula is C11H9BrClN3O. The molecule has 88 valence electrons. The number of hydrogen-bond acceptors (Lipinski definition) is 4. The van der Waals surface area contributed by atoms with Gasteiger partial charge in [0, 0.05) is 5.56 Å². The molecule has 0 unspecified atom stereocenters. The third-order valence-electron chi connectivity index (χ3n) is 2.25. The number of phenols is 1. The number of rotatable bonds is 1. The van der Waals surface area contributed by atoms with Gasteiger partial charge in [-0.1, -0.05) is 11.6 Å². The molecule has 3 N–H and O–H groups in total. The first kappa shape index (κ1) is 12.1. The number of nitrogens with zero attached hydrogens (tertiary/aromatic N) is 2. The van der Waals surface area contributed by atoms with Crippen LogP contribution < -0.4 is 5.73 Å². The zero-order valence-electron chi connectivity index (χ0n) is 8.91. The van der Waals surface area contributed by atoms with Crippen LogP contribution in [0.3, 0.4) is 0 Å². The number of nitrogens with two attached hydrogens (primary N) is 1. The van der Waals surface area contributed by atoms with Crippen LogP contribution in [0.1, 0.15) is 5.69 Å². The molecule has 2 aromatic rings. The minimum Gasteiger partial charge on any atom is -0.506 e. The number of benzene rings is 1. The second-order valence-corrected chi connectivity index (χ2v) is 4.70. The Morgan fingerprint density at radius 1 is 1.35 bits per heavy atom. The number of anilines is 1. The van der Waals surface area contributed by atoms with E-state index in [2.05, 4.69) is 25.9 Å². The van der Waals surface area contributed by atoms with Crippen molar-refractivity contribution in [1.82, 2.24) is 9.97 Å². The molecule has 4 nitrogen and oxygen atoms in total. The maximum absolute atomic E-state index is 9.34. The van der Waals surface area contributed by atoms with Gasteiger partial charge in [0.1, 0.15) is 11.6 Å². The smallest absolute Gasteiger partial charge is 0.161 e. The lowest BCUT2D eigenvalue weighted by Crippen LogP contribution is -1.99. The SMILES string of the molecule is Cc1nc(-c2ccc(O)c(Cl)c2)nc(N)c1Br. The molecule has 1 aromatic carbocycles. The molecule has 0 aliphatic carbocycles. The molecule has 0 saturated carbocycles. The average Bonchev–Trinajstić information content (AvgIpc) is 2.29. The van der Waals surface area contributed by atoms with Crippen molar-refractivity contribution in [3.63, 3.8) is 0 Å². The van der Waals surface area contributed by atoms with Gasteiger partial charge in [-0.05, 0) is 41.1 Å². The maximum atomic E-state index is 9.34. The van der Waals surface area contributed by atoms with Crippen LogP contribution in [0.2, 0.25) is 5.02 Å². The van der Waals surface area contributed by atoms with Crippen molar-refractivity contribution in [1.29, 1.82) is 0 Å². The highest BCUT2D eigenvalue weighted by atomic mass is 79.9. The quantitative estimate of drug-likeness (QED) is 0.848. The minimum atomic E-state index is 0.0252. The van der Waals surface area contributed by atoms with Crippen molar-refractivity contribution in [2.45, 2.75) is 6.92 Å². The molecule has 0 fully saturated rings. The van der Waals surface area contributed by atoms with Gasteiger partial charge in [0.2, 0.25) is 0 Å². The Labute approximate surface area is 112 Å². The number of aryl methyl sites for hydroxylation is 1. The molecule has 0 atom stereocenters. The largest absolute Gasteiger partial charge is 0.506 e. The standard InChI is InChI=1S/C11H9BrClN3O/c1-5-9(12)10(14)16-11(15-5)6-2-3-8(17)7(13)4-6/h2-4,17H,1H3,(H2,14,15,16). The molecular weight excluding hydrogens is 305 g/mol. The van der Waals surface area contributed by atoms with Gasteiger partial charge in [0.15, 0.2) is 5.82 Å². The Balaban J connectivity index is 2.57. The van der Waals surface area contributed by atoms with Gasteiger partial charge in [-0.2, -0.15) is 0 Å². The fourth-order valence-corrected chi connectivity index (χ4v) is 1.71. The van der Waals surface area contributed by atoms with Crippen molar-refractivity contribution in [2.24, 2.45) is 0 Å². The molecule has 1 aromatic heterocycles. The van der Waals surface area contributed by atoms with Crippen molar-refractivity contribution < 1.29 is 5.11 Å². The molecule has 0 aliphatic heterocycles. The number of nitrogen functional groups attached to an aromatic ring is 1. The fraction of sp³-hybridized carbons (Fsp3) is 0.0909. The van der Waals surface area contributed by atoms with Crippen molar-refractivity contribution in [3.8, 4) is 17.1 Å². The highest BCUT2D eigenvalue weighted by molar-refractivity contribution is 9.10. The molecule has 1 heterocycles. The van der Waals surface area contributed by atoms with Crippen LogP contribution >= 0.6 is 27.5 Å². The first-order valence-corrected chi connectivity index (χ1v) is 5.94. The van der Waals surface area contributed by atoms with E-state index < -0.39 is 0 Å². The predicted octanol–water partition coefficient (Wildman–Crippen LogP) is 3.16. The zero-order valence-corrected chi connectivity index (χ0v) is 11.2. The molecule has 0 aliphatic rings. The van der Waals surface area contributed by atoms with Crippen LogP contribution in [-0.2, 0) is 0 Å². The summed E-state index contributed by atoms with van der Waals surface area (Å²) in [5.74, 6) is 0.874. The van der Waals surface area contributed by atoms with Crippen LogP contribution in [0, 0.1) is 6.92 Å². The van der Waals surface area contributed by atoms with E-state index in [0.29, 0.717) is 21.7 Å². The molecule has 0 bridgehead atoms. The van der Waals surface area contributed by atoms with Gasteiger partial charge >= 0.3 is 0 Å². The van der Waals surface area contributed by atoms with Gasteiger partial charge in [0.25, 0.3) is 0 Å². The summed E-state index contributed by atoms with van der Waals surface area (Å²) in [6.07, 6.45) is 0. The molecule has 0 amide bonds. The molecule has 6 heteroatoms. The highest BCUT2D eigenvalue weighted by Gasteiger charge is 2.09. The topological polar surface area (TPSA) is 72.0 Å². The zero-order chi connectivity index (χ0) is 12.6. The normalized spacial score (nSPS) is 10.5. The third-order valence-corrected chi connectivity index (χ3v) is 3.53. The van der Waals surface area contributed by atoms with Gasteiger partial charge in [-0.15, -0.1) is 0 Å². The summed E-state index contributed by atoms with van der Waals surface area (Å²) in [6.45, 7) is 1.83. The van der Waals surface area contributed by atoms with Crippen LogP contribution in [0.15, 0.2) is 22.7 Å². The number of phenolic OH excluding ortho intramolecular Hbond substituents is 1. The van der Waals surface area contributed by atoms with E-state index in [1.807, 2.05) is 6.92 Å². The summed E-state index contributed by atoms with van der Waals surface area (Å²) in [6, 6.07) is 4.77. The van der Waals surface area contributed by atoms with Gasteiger partial charge in [-0.25, -0.2) is 9.97 Å². The Bertz CT molecular complexity index is 566. The Morgan fingerprint density at radius 3 is 2.65 bits per heavy atom.